The van der Waals surface area contributed by atoms with Gasteiger partial charge >= 0.3 is 0 Å². The Bertz CT molecular complexity index is 333. The van der Waals surface area contributed by atoms with E-state index in [4.69, 9.17) is 9.47 Å². The molecule has 0 saturated carbocycles. The Labute approximate surface area is 90.0 Å². The van der Waals surface area contributed by atoms with Crippen molar-refractivity contribution in [2.75, 3.05) is 7.11 Å². The molecule has 1 rings (SSSR count). The van der Waals surface area contributed by atoms with Gasteiger partial charge in [0, 0.05) is 6.42 Å². The number of ether oxygens (including phenoxy) is 2. The first kappa shape index (κ1) is 11.6. The predicted molar refractivity (Wildman–Crippen MR) is 58.4 cm³/mol. The lowest BCUT2D eigenvalue weighted by molar-refractivity contribution is -0.124. The first-order valence-corrected chi connectivity index (χ1v) is 5.01. The van der Waals surface area contributed by atoms with Crippen LogP contribution in [0.3, 0.4) is 0 Å². The van der Waals surface area contributed by atoms with Gasteiger partial charge in [-0.05, 0) is 19.1 Å². The molecule has 0 fully saturated rings. The van der Waals surface area contributed by atoms with Crippen molar-refractivity contribution in [2.24, 2.45) is 0 Å². The zero-order valence-corrected chi connectivity index (χ0v) is 9.32. The van der Waals surface area contributed by atoms with Gasteiger partial charge in [0.2, 0.25) is 0 Å². The van der Waals surface area contributed by atoms with Gasteiger partial charge < -0.3 is 9.47 Å². The summed E-state index contributed by atoms with van der Waals surface area (Å²) in [5.41, 5.74) is 0. The fourth-order valence-electron chi connectivity index (χ4n) is 1.26. The highest BCUT2D eigenvalue weighted by Crippen LogP contribution is 2.26. The van der Waals surface area contributed by atoms with Crippen LogP contribution in [-0.4, -0.2) is 19.0 Å². The number of benzene rings is 1. The maximum absolute atomic E-state index is 11.3. The molecule has 3 nitrogen and oxygen atoms in total. The quantitative estimate of drug-likeness (QED) is 0.745. The van der Waals surface area contributed by atoms with E-state index in [1.807, 2.05) is 19.1 Å². The van der Waals surface area contributed by atoms with Crippen molar-refractivity contribution in [1.29, 1.82) is 0 Å². The summed E-state index contributed by atoms with van der Waals surface area (Å²) in [6.45, 7) is 3.57. The van der Waals surface area contributed by atoms with Gasteiger partial charge in [-0.25, -0.2) is 0 Å². The Balaban J connectivity index is 2.75. The van der Waals surface area contributed by atoms with Crippen molar-refractivity contribution >= 4 is 5.78 Å². The second-order valence-electron chi connectivity index (χ2n) is 3.23. The molecule has 0 saturated heterocycles. The molecule has 3 heteroatoms. The number of Topliss-reactive ketones (excluding diaryl/α,β-unsaturated/α-hetero) is 1. The largest absolute Gasteiger partial charge is 0.493 e. The molecule has 0 spiro atoms. The van der Waals surface area contributed by atoms with Gasteiger partial charge in [-0.15, -0.1) is 0 Å². The Morgan fingerprint density at radius 1 is 1.33 bits per heavy atom. The van der Waals surface area contributed by atoms with Gasteiger partial charge in [0.05, 0.1) is 7.11 Å². The smallest absolute Gasteiger partial charge is 0.172 e. The van der Waals surface area contributed by atoms with Gasteiger partial charge in [0.25, 0.3) is 0 Å². The second-order valence-corrected chi connectivity index (χ2v) is 3.23. The number of para-hydroxylation sites is 2. The van der Waals surface area contributed by atoms with E-state index in [2.05, 4.69) is 0 Å². The van der Waals surface area contributed by atoms with Crippen molar-refractivity contribution in [3.63, 3.8) is 0 Å². The van der Waals surface area contributed by atoms with Crippen LogP contribution in [0.1, 0.15) is 20.3 Å². The summed E-state index contributed by atoms with van der Waals surface area (Å²) in [5.74, 6) is 1.34. The van der Waals surface area contributed by atoms with Crippen LogP contribution in [0.5, 0.6) is 11.5 Å². The number of hydrogen-bond donors (Lipinski definition) is 0. The number of carbonyl (C=O) groups is 1. The summed E-state index contributed by atoms with van der Waals surface area (Å²) >= 11 is 0. The Kier molecular flexibility index (Phi) is 4.16. The first-order valence-electron chi connectivity index (χ1n) is 5.01. The van der Waals surface area contributed by atoms with Crippen LogP contribution in [0.25, 0.3) is 0 Å². The van der Waals surface area contributed by atoms with E-state index in [0.717, 1.165) is 0 Å². The van der Waals surface area contributed by atoms with E-state index in [-0.39, 0.29) is 5.78 Å². The molecule has 0 bridgehead atoms. The molecule has 15 heavy (non-hydrogen) atoms. The minimum atomic E-state index is -0.425. The lowest BCUT2D eigenvalue weighted by Gasteiger charge is -2.14. The van der Waals surface area contributed by atoms with Crippen molar-refractivity contribution in [2.45, 2.75) is 26.4 Å². The third kappa shape index (κ3) is 2.98. The summed E-state index contributed by atoms with van der Waals surface area (Å²) in [6.07, 6.45) is 0.0577. The topological polar surface area (TPSA) is 35.5 Å². The number of rotatable bonds is 5. The fourth-order valence-corrected chi connectivity index (χ4v) is 1.26. The lowest BCUT2D eigenvalue weighted by Crippen LogP contribution is -2.22. The number of hydrogen-bond acceptors (Lipinski definition) is 3. The monoisotopic (exact) mass is 208 g/mol. The summed E-state index contributed by atoms with van der Waals surface area (Å²) in [4.78, 5) is 11.3. The summed E-state index contributed by atoms with van der Waals surface area (Å²) in [5, 5.41) is 0. The molecule has 1 aromatic rings. The molecule has 0 aliphatic carbocycles. The molecule has 0 aliphatic heterocycles. The summed E-state index contributed by atoms with van der Waals surface area (Å²) in [6, 6.07) is 7.30. The van der Waals surface area contributed by atoms with Crippen LogP contribution in [0, 0.1) is 0 Å². The van der Waals surface area contributed by atoms with E-state index < -0.39 is 6.10 Å². The molecular weight excluding hydrogens is 192 g/mol. The summed E-state index contributed by atoms with van der Waals surface area (Å²) < 4.78 is 10.6. The average molecular weight is 208 g/mol. The molecule has 0 heterocycles. The predicted octanol–water partition coefficient (Wildman–Crippen LogP) is 2.44. The van der Waals surface area contributed by atoms with Crippen LogP contribution in [0.15, 0.2) is 24.3 Å². The molecule has 1 aromatic carbocycles. The highest BCUT2D eigenvalue weighted by Gasteiger charge is 2.14. The SMILES string of the molecule is CCC(=O)C(C)Oc1ccccc1OC. The Morgan fingerprint density at radius 3 is 2.47 bits per heavy atom. The van der Waals surface area contributed by atoms with E-state index in [1.165, 1.54) is 0 Å². The molecule has 0 aromatic heterocycles. The third-order valence-electron chi connectivity index (χ3n) is 2.17. The molecule has 0 amide bonds. The minimum Gasteiger partial charge on any atom is -0.493 e. The average Bonchev–Trinajstić information content (AvgIpc) is 2.28. The van der Waals surface area contributed by atoms with Crippen molar-refractivity contribution in [3.8, 4) is 11.5 Å². The molecule has 1 unspecified atom stereocenters. The first-order chi connectivity index (χ1) is 7.19. The third-order valence-corrected chi connectivity index (χ3v) is 2.17. The van der Waals surface area contributed by atoms with Crippen molar-refractivity contribution < 1.29 is 14.3 Å². The highest BCUT2D eigenvalue weighted by atomic mass is 16.5. The van der Waals surface area contributed by atoms with E-state index in [1.54, 1.807) is 26.2 Å². The van der Waals surface area contributed by atoms with Gasteiger partial charge in [0.1, 0.15) is 0 Å². The van der Waals surface area contributed by atoms with E-state index in [9.17, 15) is 4.79 Å². The summed E-state index contributed by atoms with van der Waals surface area (Å²) in [7, 11) is 1.58. The number of ketones is 1. The van der Waals surface area contributed by atoms with Crippen molar-refractivity contribution in [3.05, 3.63) is 24.3 Å². The maximum Gasteiger partial charge on any atom is 0.172 e. The standard InChI is InChI=1S/C12H16O3/c1-4-10(13)9(2)15-12-8-6-5-7-11(12)14-3/h5-9H,4H2,1-3H3. The zero-order chi connectivity index (χ0) is 11.3. The van der Waals surface area contributed by atoms with Gasteiger partial charge in [-0.1, -0.05) is 19.1 Å². The highest BCUT2D eigenvalue weighted by molar-refractivity contribution is 5.82. The van der Waals surface area contributed by atoms with Crippen LogP contribution >= 0.6 is 0 Å². The minimum absolute atomic E-state index is 0.0842. The number of carbonyl (C=O) groups excluding carboxylic acids is 1. The van der Waals surface area contributed by atoms with Crippen molar-refractivity contribution in [1.82, 2.24) is 0 Å². The normalized spacial score (nSPS) is 11.9. The molecule has 1 atom stereocenters. The van der Waals surface area contributed by atoms with Gasteiger partial charge in [-0.2, -0.15) is 0 Å². The van der Waals surface area contributed by atoms with E-state index >= 15 is 0 Å². The molecule has 0 aliphatic rings. The lowest BCUT2D eigenvalue weighted by atomic mass is 10.2. The van der Waals surface area contributed by atoms with Crippen LogP contribution in [0.2, 0.25) is 0 Å². The van der Waals surface area contributed by atoms with Crippen LogP contribution in [0.4, 0.5) is 0 Å². The van der Waals surface area contributed by atoms with Gasteiger partial charge in [-0.3, -0.25) is 4.79 Å². The molecule has 0 N–H and O–H groups in total. The fraction of sp³-hybridized carbons (Fsp3) is 0.417. The van der Waals surface area contributed by atoms with Crippen LogP contribution < -0.4 is 9.47 Å². The second kappa shape index (κ2) is 5.39. The molecular formula is C12H16O3. The maximum atomic E-state index is 11.3. The molecule has 0 radical (unpaired) electrons. The van der Waals surface area contributed by atoms with Crippen LogP contribution in [-0.2, 0) is 4.79 Å². The Hall–Kier alpha value is -1.51. The number of methoxy groups -OCH3 is 1. The van der Waals surface area contributed by atoms with Gasteiger partial charge in [0.15, 0.2) is 23.4 Å². The van der Waals surface area contributed by atoms with E-state index in [0.29, 0.717) is 17.9 Å². The zero-order valence-electron chi connectivity index (χ0n) is 9.32. The Morgan fingerprint density at radius 2 is 1.93 bits per heavy atom. The molecule has 82 valence electrons.